The number of anilines is 1. The number of halogens is 2. The van der Waals surface area contributed by atoms with Gasteiger partial charge in [0.2, 0.25) is 0 Å². The molecular formula is C13H14BrFN2. The van der Waals surface area contributed by atoms with Gasteiger partial charge < -0.3 is 4.90 Å². The standard InChI is InChI=1S/C13H14BrFN2/c1-8-6-17(7-9(8)2)11-4-3-10(5-16)12(14)13(11)15/h3-4,8-9H,6-7H2,1-2H3. The van der Waals surface area contributed by atoms with Crippen molar-refractivity contribution in [2.75, 3.05) is 18.0 Å². The van der Waals surface area contributed by atoms with E-state index in [4.69, 9.17) is 5.26 Å². The molecule has 0 saturated carbocycles. The maximum absolute atomic E-state index is 14.1. The van der Waals surface area contributed by atoms with Crippen LogP contribution in [-0.2, 0) is 0 Å². The van der Waals surface area contributed by atoms with Gasteiger partial charge in [-0.05, 0) is 39.9 Å². The molecule has 1 aromatic rings. The Morgan fingerprint density at radius 2 is 1.94 bits per heavy atom. The Morgan fingerprint density at radius 1 is 1.35 bits per heavy atom. The maximum atomic E-state index is 14.1. The highest BCUT2D eigenvalue weighted by molar-refractivity contribution is 9.10. The summed E-state index contributed by atoms with van der Waals surface area (Å²) in [7, 11) is 0. The van der Waals surface area contributed by atoms with Crippen molar-refractivity contribution in [1.82, 2.24) is 0 Å². The van der Waals surface area contributed by atoms with Crippen LogP contribution in [0.4, 0.5) is 10.1 Å². The molecule has 4 heteroatoms. The summed E-state index contributed by atoms with van der Waals surface area (Å²) in [6.45, 7) is 6.11. The lowest BCUT2D eigenvalue weighted by Gasteiger charge is -2.19. The van der Waals surface area contributed by atoms with E-state index in [1.165, 1.54) is 0 Å². The Kier molecular flexibility index (Phi) is 3.39. The van der Waals surface area contributed by atoms with Crippen molar-refractivity contribution in [2.45, 2.75) is 13.8 Å². The largest absolute Gasteiger partial charge is 0.369 e. The molecule has 1 aliphatic heterocycles. The molecule has 0 bridgehead atoms. The molecule has 1 saturated heterocycles. The highest BCUT2D eigenvalue weighted by Gasteiger charge is 2.28. The van der Waals surface area contributed by atoms with E-state index in [-0.39, 0.29) is 10.3 Å². The van der Waals surface area contributed by atoms with Crippen molar-refractivity contribution < 1.29 is 4.39 Å². The zero-order chi connectivity index (χ0) is 12.6. The second kappa shape index (κ2) is 4.66. The van der Waals surface area contributed by atoms with Crippen LogP contribution in [0.25, 0.3) is 0 Å². The van der Waals surface area contributed by atoms with E-state index >= 15 is 0 Å². The Bertz CT molecular complexity index is 471. The minimum absolute atomic E-state index is 0.268. The summed E-state index contributed by atoms with van der Waals surface area (Å²) < 4.78 is 14.4. The second-order valence-corrected chi connectivity index (χ2v) is 5.52. The van der Waals surface area contributed by atoms with Gasteiger partial charge >= 0.3 is 0 Å². The van der Waals surface area contributed by atoms with Crippen LogP contribution in [0.15, 0.2) is 16.6 Å². The Hall–Kier alpha value is -1.08. The number of nitriles is 1. The maximum Gasteiger partial charge on any atom is 0.161 e. The molecule has 0 N–H and O–H groups in total. The van der Waals surface area contributed by atoms with Crippen molar-refractivity contribution in [2.24, 2.45) is 11.8 Å². The number of nitrogens with zero attached hydrogens (tertiary/aromatic N) is 2. The SMILES string of the molecule is CC1CN(c2ccc(C#N)c(Br)c2F)CC1C. The lowest BCUT2D eigenvalue weighted by molar-refractivity contribution is 0.494. The summed E-state index contributed by atoms with van der Waals surface area (Å²) in [5.74, 6) is 0.818. The van der Waals surface area contributed by atoms with Crippen LogP contribution in [-0.4, -0.2) is 13.1 Å². The Morgan fingerprint density at radius 3 is 2.47 bits per heavy atom. The van der Waals surface area contributed by atoms with Crippen LogP contribution < -0.4 is 4.90 Å². The first-order valence-electron chi connectivity index (χ1n) is 5.67. The summed E-state index contributed by atoms with van der Waals surface area (Å²) in [5.41, 5.74) is 0.929. The smallest absolute Gasteiger partial charge is 0.161 e. The molecule has 1 aliphatic rings. The fourth-order valence-corrected chi connectivity index (χ4v) is 2.62. The van der Waals surface area contributed by atoms with Gasteiger partial charge in [0.25, 0.3) is 0 Å². The van der Waals surface area contributed by atoms with Crippen LogP contribution >= 0.6 is 15.9 Å². The molecule has 0 spiro atoms. The van der Waals surface area contributed by atoms with Crippen molar-refractivity contribution in [3.05, 3.63) is 28.0 Å². The molecular weight excluding hydrogens is 283 g/mol. The summed E-state index contributed by atoms with van der Waals surface area (Å²) >= 11 is 3.14. The van der Waals surface area contributed by atoms with E-state index in [2.05, 4.69) is 34.7 Å². The molecule has 0 aliphatic carbocycles. The molecule has 2 atom stereocenters. The van der Waals surface area contributed by atoms with Gasteiger partial charge in [0.1, 0.15) is 6.07 Å². The summed E-state index contributed by atoms with van der Waals surface area (Å²) in [6, 6.07) is 5.33. The van der Waals surface area contributed by atoms with Gasteiger partial charge in [0, 0.05) is 13.1 Å². The second-order valence-electron chi connectivity index (χ2n) is 4.73. The van der Waals surface area contributed by atoms with Gasteiger partial charge in [0.15, 0.2) is 5.82 Å². The Balaban J connectivity index is 2.36. The molecule has 0 radical (unpaired) electrons. The zero-order valence-electron chi connectivity index (χ0n) is 9.87. The average molecular weight is 297 g/mol. The number of benzene rings is 1. The lowest BCUT2D eigenvalue weighted by Crippen LogP contribution is -2.21. The van der Waals surface area contributed by atoms with Gasteiger partial charge in [-0.3, -0.25) is 0 Å². The normalized spacial score (nSPS) is 23.8. The van der Waals surface area contributed by atoms with Crippen LogP contribution in [0.3, 0.4) is 0 Å². The molecule has 0 amide bonds. The molecule has 90 valence electrons. The van der Waals surface area contributed by atoms with Crippen molar-refractivity contribution in [3.8, 4) is 6.07 Å². The van der Waals surface area contributed by atoms with Crippen molar-refractivity contribution in [1.29, 1.82) is 5.26 Å². The van der Waals surface area contributed by atoms with E-state index in [9.17, 15) is 4.39 Å². The third-order valence-corrected chi connectivity index (χ3v) is 4.29. The summed E-state index contributed by atoms with van der Waals surface area (Å²) in [5, 5.41) is 8.82. The number of hydrogen-bond donors (Lipinski definition) is 0. The fourth-order valence-electron chi connectivity index (χ4n) is 2.20. The highest BCUT2D eigenvalue weighted by atomic mass is 79.9. The van der Waals surface area contributed by atoms with Crippen LogP contribution in [0, 0.1) is 29.0 Å². The Labute approximate surface area is 109 Å². The first-order chi connectivity index (χ1) is 8.04. The zero-order valence-corrected chi connectivity index (χ0v) is 11.5. The van der Waals surface area contributed by atoms with E-state index in [1.54, 1.807) is 12.1 Å². The van der Waals surface area contributed by atoms with Crippen LogP contribution in [0.5, 0.6) is 0 Å². The molecule has 1 heterocycles. The van der Waals surface area contributed by atoms with E-state index in [1.807, 2.05) is 6.07 Å². The predicted molar refractivity (Wildman–Crippen MR) is 69.4 cm³/mol. The molecule has 1 aromatic carbocycles. The number of hydrogen-bond acceptors (Lipinski definition) is 2. The van der Waals surface area contributed by atoms with Crippen LogP contribution in [0.1, 0.15) is 19.4 Å². The minimum atomic E-state index is -0.328. The highest BCUT2D eigenvalue weighted by Crippen LogP contribution is 2.33. The lowest BCUT2D eigenvalue weighted by atomic mass is 10.0. The quantitative estimate of drug-likeness (QED) is 0.792. The van der Waals surface area contributed by atoms with Gasteiger partial charge in [-0.25, -0.2) is 4.39 Å². The minimum Gasteiger partial charge on any atom is -0.369 e. The van der Waals surface area contributed by atoms with E-state index in [0.717, 1.165) is 13.1 Å². The molecule has 17 heavy (non-hydrogen) atoms. The van der Waals surface area contributed by atoms with Gasteiger partial charge in [-0.1, -0.05) is 13.8 Å². The van der Waals surface area contributed by atoms with Gasteiger partial charge in [-0.2, -0.15) is 5.26 Å². The molecule has 0 aromatic heterocycles. The fraction of sp³-hybridized carbons (Fsp3) is 0.462. The monoisotopic (exact) mass is 296 g/mol. The molecule has 2 unspecified atom stereocenters. The van der Waals surface area contributed by atoms with E-state index < -0.39 is 0 Å². The van der Waals surface area contributed by atoms with Crippen LogP contribution in [0.2, 0.25) is 0 Å². The van der Waals surface area contributed by atoms with Crippen molar-refractivity contribution >= 4 is 21.6 Å². The van der Waals surface area contributed by atoms with Gasteiger partial charge in [-0.15, -0.1) is 0 Å². The third kappa shape index (κ3) is 2.16. The molecule has 2 nitrogen and oxygen atoms in total. The van der Waals surface area contributed by atoms with Crippen molar-refractivity contribution in [3.63, 3.8) is 0 Å². The topological polar surface area (TPSA) is 27.0 Å². The number of rotatable bonds is 1. The third-order valence-electron chi connectivity index (χ3n) is 3.51. The summed E-state index contributed by atoms with van der Waals surface area (Å²) in [6.07, 6.45) is 0. The first kappa shape index (κ1) is 12.4. The molecule has 2 rings (SSSR count). The predicted octanol–water partition coefficient (Wildman–Crippen LogP) is 3.55. The average Bonchev–Trinajstić information content (AvgIpc) is 2.63. The van der Waals surface area contributed by atoms with E-state index in [0.29, 0.717) is 23.1 Å². The van der Waals surface area contributed by atoms with Gasteiger partial charge in [0.05, 0.1) is 15.7 Å². The first-order valence-corrected chi connectivity index (χ1v) is 6.47. The summed E-state index contributed by atoms with van der Waals surface area (Å²) in [4.78, 5) is 2.05. The molecule has 1 fully saturated rings.